The lowest BCUT2D eigenvalue weighted by molar-refractivity contribution is -0.145. The van der Waals surface area contributed by atoms with E-state index in [1.807, 2.05) is 0 Å². The van der Waals surface area contributed by atoms with Crippen molar-refractivity contribution < 1.29 is 19.9 Å². The van der Waals surface area contributed by atoms with Gasteiger partial charge in [0.25, 0.3) is 0 Å². The van der Waals surface area contributed by atoms with Gasteiger partial charge in [-0.05, 0) is 65.1 Å². The lowest BCUT2D eigenvalue weighted by atomic mass is 9.81. The Morgan fingerprint density at radius 3 is 2.17 bits per heavy atom. The van der Waals surface area contributed by atoms with Crippen LogP contribution in [-0.4, -0.2) is 65.4 Å². The van der Waals surface area contributed by atoms with Crippen molar-refractivity contribution in [3.05, 3.63) is 0 Å². The van der Waals surface area contributed by atoms with Crippen molar-refractivity contribution in [2.45, 2.75) is 63.2 Å². The van der Waals surface area contributed by atoms with E-state index < -0.39 is 18.6 Å². The van der Waals surface area contributed by atoms with Crippen LogP contribution < -0.4 is 5.32 Å². The normalized spacial score (nSPS) is 17.3. The van der Waals surface area contributed by atoms with Crippen LogP contribution in [-0.2, 0) is 4.79 Å². The lowest BCUT2D eigenvalue weighted by Crippen LogP contribution is -2.50. The summed E-state index contributed by atoms with van der Waals surface area (Å²) in [5.74, 6) is -0.807. The molecule has 0 amide bonds. The molecule has 9 heteroatoms. The number of carboxylic acid groups (broad SMARTS) is 1. The second-order valence-corrected chi connectivity index (χ2v) is 6.37. The Labute approximate surface area is 158 Å². The molecule has 0 bridgehead atoms. The molecule has 4 N–H and O–H groups in total. The lowest BCUT2D eigenvalue weighted by Gasteiger charge is -2.31. The zero-order chi connectivity index (χ0) is 16.4. The van der Waals surface area contributed by atoms with Crippen LogP contribution in [0, 0.1) is 0 Å². The molecule has 1 aliphatic heterocycles. The summed E-state index contributed by atoms with van der Waals surface area (Å²) >= 11 is 0. The summed E-state index contributed by atoms with van der Waals surface area (Å²) in [6.45, 7) is 3.23. The summed E-state index contributed by atoms with van der Waals surface area (Å²) in [6, 6.07) is 0. The number of nitrogens with zero attached hydrogens (tertiary/aromatic N) is 1. The molecule has 1 saturated heterocycles. The van der Waals surface area contributed by atoms with Crippen LogP contribution in [0.1, 0.15) is 51.4 Å². The number of likely N-dealkylation sites (N-methyl/N-ethyl adjacent to an activating group) is 1. The number of hydrogen-bond acceptors (Lipinski definition) is 5. The Morgan fingerprint density at radius 1 is 1.08 bits per heavy atom. The Balaban J connectivity index is 0. The largest absolute Gasteiger partial charge is 0.480 e. The Bertz CT molecular complexity index is 335. The van der Waals surface area contributed by atoms with Gasteiger partial charge >= 0.3 is 13.1 Å². The van der Waals surface area contributed by atoms with Crippen molar-refractivity contribution in [2.75, 3.05) is 26.7 Å². The quantitative estimate of drug-likeness (QED) is 0.319. The van der Waals surface area contributed by atoms with Gasteiger partial charge < -0.3 is 25.4 Å². The first-order chi connectivity index (χ1) is 10.5. The topological polar surface area (TPSA) is 93.0 Å². The fourth-order valence-electron chi connectivity index (χ4n) is 3.24. The maximum atomic E-state index is 11.7. The van der Waals surface area contributed by atoms with E-state index in [1.54, 1.807) is 7.05 Å². The van der Waals surface area contributed by atoms with E-state index >= 15 is 0 Å². The second kappa shape index (κ2) is 14.2. The second-order valence-electron chi connectivity index (χ2n) is 6.37. The molecule has 1 atom stereocenters. The number of piperidine rings is 1. The minimum Gasteiger partial charge on any atom is -0.480 e. The molecule has 144 valence electrons. The molecule has 0 radical (unpaired) electrons. The minimum atomic E-state index is -1.30. The third kappa shape index (κ3) is 9.44. The first kappa shape index (κ1) is 26.2. The summed E-state index contributed by atoms with van der Waals surface area (Å²) in [7, 11) is 0.406. The van der Waals surface area contributed by atoms with Crippen molar-refractivity contribution >= 4 is 37.9 Å². The van der Waals surface area contributed by atoms with Gasteiger partial charge in [-0.3, -0.25) is 4.79 Å². The third-order valence-corrected chi connectivity index (χ3v) is 4.73. The number of carboxylic acids is 1. The van der Waals surface area contributed by atoms with Crippen molar-refractivity contribution in [2.24, 2.45) is 0 Å². The Kier molecular flexibility index (Phi) is 15.4. The molecule has 1 fully saturated rings. The summed E-state index contributed by atoms with van der Waals surface area (Å²) in [5, 5.41) is 30.3. The average Bonchev–Trinajstić information content (AvgIpc) is 2.50. The van der Waals surface area contributed by atoms with Gasteiger partial charge in [-0.25, -0.2) is 0 Å². The minimum absolute atomic E-state index is 0. The number of rotatable bonds is 11. The van der Waals surface area contributed by atoms with E-state index in [-0.39, 0.29) is 24.8 Å². The van der Waals surface area contributed by atoms with Gasteiger partial charge in [0.1, 0.15) is 5.54 Å². The number of carbonyl (C=O) groups is 1. The number of nitrogens with one attached hydrogen (secondary N) is 1. The molecule has 0 saturated carbocycles. The predicted octanol–water partition coefficient (Wildman–Crippen LogP) is 1.78. The predicted molar refractivity (Wildman–Crippen MR) is 102 cm³/mol. The molecule has 0 aromatic heterocycles. The van der Waals surface area contributed by atoms with E-state index in [0.29, 0.717) is 32.0 Å². The molecule has 24 heavy (non-hydrogen) atoms. The molecule has 1 unspecified atom stereocenters. The standard InChI is InChI=1S/C15H31BN2O4.2ClH/c1-17-15(14(19)20,8-3-4-10-16(21)22)9-7-13-18-11-5-2-6-12-18;;/h17,21-22H,2-13H2,1H3,(H,19,20);2*1H. The van der Waals surface area contributed by atoms with Gasteiger partial charge in [0.2, 0.25) is 0 Å². The average molecular weight is 387 g/mol. The zero-order valence-corrected chi connectivity index (χ0v) is 16.2. The first-order valence-corrected chi connectivity index (χ1v) is 8.51. The molecular formula is C15H33BCl2N2O4. The first-order valence-electron chi connectivity index (χ1n) is 8.51. The van der Waals surface area contributed by atoms with E-state index in [9.17, 15) is 9.90 Å². The highest BCUT2D eigenvalue weighted by Crippen LogP contribution is 2.22. The van der Waals surface area contributed by atoms with Crippen LogP contribution in [0.3, 0.4) is 0 Å². The van der Waals surface area contributed by atoms with Gasteiger partial charge in [-0.2, -0.15) is 0 Å². The van der Waals surface area contributed by atoms with E-state index in [2.05, 4.69) is 10.2 Å². The number of hydrogen-bond donors (Lipinski definition) is 4. The fraction of sp³-hybridized carbons (Fsp3) is 0.933. The van der Waals surface area contributed by atoms with E-state index in [4.69, 9.17) is 10.0 Å². The van der Waals surface area contributed by atoms with Crippen LogP contribution in [0.2, 0.25) is 6.32 Å². The zero-order valence-electron chi connectivity index (χ0n) is 14.6. The van der Waals surface area contributed by atoms with Crippen molar-refractivity contribution in [1.29, 1.82) is 0 Å². The highest BCUT2D eigenvalue weighted by molar-refractivity contribution is 6.40. The highest BCUT2D eigenvalue weighted by Gasteiger charge is 2.35. The van der Waals surface area contributed by atoms with Crippen molar-refractivity contribution in [1.82, 2.24) is 10.2 Å². The fourth-order valence-corrected chi connectivity index (χ4v) is 3.24. The van der Waals surface area contributed by atoms with Gasteiger partial charge in [0, 0.05) is 0 Å². The molecule has 6 nitrogen and oxygen atoms in total. The maximum absolute atomic E-state index is 11.7. The molecule has 0 aliphatic carbocycles. The van der Waals surface area contributed by atoms with Gasteiger partial charge in [-0.15, -0.1) is 24.8 Å². The monoisotopic (exact) mass is 386 g/mol. The van der Waals surface area contributed by atoms with Crippen molar-refractivity contribution in [3.63, 3.8) is 0 Å². The summed E-state index contributed by atoms with van der Waals surface area (Å²) < 4.78 is 0. The smallest absolute Gasteiger partial charge is 0.451 e. The van der Waals surface area contributed by atoms with E-state index in [0.717, 1.165) is 26.1 Å². The van der Waals surface area contributed by atoms with Crippen LogP contribution in [0.4, 0.5) is 0 Å². The Hall–Kier alpha value is -0.0451. The number of unbranched alkanes of at least 4 members (excludes halogenated alkanes) is 1. The number of likely N-dealkylation sites (tertiary alicyclic amines) is 1. The molecule has 1 aliphatic rings. The molecule has 1 rings (SSSR count). The van der Waals surface area contributed by atoms with E-state index in [1.165, 1.54) is 19.3 Å². The molecule has 0 aromatic rings. The maximum Gasteiger partial charge on any atom is 0.451 e. The van der Waals surface area contributed by atoms with Gasteiger partial charge in [0.05, 0.1) is 0 Å². The van der Waals surface area contributed by atoms with Crippen LogP contribution in [0.5, 0.6) is 0 Å². The van der Waals surface area contributed by atoms with Crippen LogP contribution in [0.25, 0.3) is 0 Å². The van der Waals surface area contributed by atoms with Gasteiger partial charge in [-0.1, -0.05) is 19.3 Å². The molecular weight excluding hydrogens is 354 g/mol. The van der Waals surface area contributed by atoms with Crippen LogP contribution in [0.15, 0.2) is 0 Å². The molecule has 0 aromatic carbocycles. The highest BCUT2D eigenvalue weighted by atomic mass is 35.5. The van der Waals surface area contributed by atoms with Crippen LogP contribution >= 0.6 is 24.8 Å². The molecule has 0 spiro atoms. The van der Waals surface area contributed by atoms with Crippen molar-refractivity contribution in [3.8, 4) is 0 Å². The number of halogens is 2. The summed E-state index contributed by atoms with van der Waals surface area (Å²) in [6.07, 6.45) is 7.41. The number of aliphatic carboxylic acids is 1. The summed E-state index contributed by atoms with van der Waals surface area (Å²) in [4.78, 5) is 14.1. The molecule has 1 heterocycles. The van der Waals surface area contributed by atoms with Gasteiger partial charge in [0.15, 0.2) is 0 Å². The SMILES string of the molecule is CNC(CCCCB(O)O)(CCCN1CCCCC1)C(=O)O.Cl.Cl. The third-order valence-electron chi connectivity index (χ3n) is 4.73. The summed E-state index contributed by atoms with van der Waals surface area (Å²) in [5.41, 5.74) is -0.893. The Morgan fingerprint density at radius 2 is 1.67 bits per heavy atom.